The molecule has 0 aliphatic rings. The SMILES string of the molecule is OCC(CO)(CO)NC[C@H](O)COC(c1ccccc1)(c1ccccc1)c1ccccc1. The van der Waals surface area contributed by atoms with Gasteiger partial charge in [0.2, 0.25) is 0 Å². The Bertz CT molecular complexity index is 812. The van der Waals surface area contributed by atoms with E-state index in [4.69, 9.17) is 4.74 Å². The maximum absolute atomic E-state index is 10.7. The highest BCUT2D eigenvalue weighted by atomic mass is 16.5. The Morgan fingerprint density at radius 3 is 1.38 bits per heavy atom. The average Bonchev–Trinajstić information content (AvgIpc) is 2.87. The van der Waals surface area contributed by atoms with Gasteiger partial charge in [-0.1, -0.05) is 91.0 Å². The highest BCUT2D eigenvalue weighted by Crippen LogP contribution is 2.40. The van der Waals surface area contributed by atoms with Gasteiger partial charge in [0.25, 0.3) is 0 Å². The second-order valence-electron chi connectivity index (χ2n) is 7.88. The number of ether oxygens (including phenoxy) is 1. The number of rotatable bonds is 12. The van der Waals surface area contributed by atoms with Crippen LogP contribution in [0.1, 0.15) is 16.7 Å². The highest BCUT2D eigenvalue weighted by molar-refractivity contribution is 5.47. The van der Waals surface area contributed by atoms with E-state index in [0.717, 1.165) is 16.7 Å². The number of nitrogens with one attached hydrogen (secondary N) is 1. The molecule has 170 valence electrons. The molecule has 6 nitrogen and oxygen atoms in total. The third-order valence-corrected chi connectivity index (χ3v) is 5.65. The van der Waals surface area contributed by atoms with Crippen molar-refractivity contribution in [3.05, 3.63) is 108 Å². The fourth-order valence-electron chi connectivity index (χ4n) is 3.70. The van der Waals surface area contributed by atoms with Gasteiger partial charge in [-0.05, 0) is 16.7 Å². The molecule has 0 heterocycles. The minimum Gasteiger partial charge on any atom is -0.394 e. The number of hydrogen-bond acceptors (Lipinski definition) is 6. The third kappa shape index (κ3) is 5.24. The minimum atomic E-state index is -1.27. The number of aliphatic hydroxyl groups excluding tert-OH is 4. The zero-order valence-corrected chi connectivity index (χ0v) is 18.0. The van der Waals surface area contributed by atoms with E-state index in [1.54, 1.807) is 0 Å². The molecule has 0 saturated carbocycles. The van der Waals surface area contributed by atoms with Crippen LogP contribution in [0.3, 0.4) is 0 Å². The van der Waals surface area contributed by atoms with Crippen molar-refractivity contribution >= 4 is 0 Å². The third-order valence-electron chi connectivity index (χ3n) is 5.65. The van der Waals surface area contributed by atoms with Crippen LogP contribution in [0, 0.1) is 0 Å². The van der Waals surface area contributed by atoms with Crippen LogP contribution >= 0.6 is 0 Å². The van der Waals surface area contributed by atoms with Gasteiger partial charge in [0.15, 0.2) is 0 Å². The van der Waals surface area contributed by atoms with E-state index in [-0.39, 0.29) is 13.2 Å². The second-order valence-corrected chi connectivity index (χ2v) is 7.88. The molecule has 0 saturated heterocycles. The van der Waals surface area contributed by atoms with Crippen LogP contribution in [0.2, 0.25) is 0 Å². The summed E-state index contributed by atoms with van der Waals surface area (Å²) in [5, 5.41) is 42.0. The summed E-state index contributed by atoms with van der Waals surface area (Å²) in [6, 6.07) is 29.6. The molecule has 1 atom stereocenters. The molecule has 32 heavy (non-hydrogen) atoms. The lowest BCUT2D eigenvalue weighted by atomic mass is 9.80. The fourth-order valence-corrected chi connectivity index (χ4v) is 3.70. The quantitative estimate of drug-likeness (QED) is 0.276. The first-order valence-corrected chi connectivity index (χ1v) is 10.7. The van der Waals surface area contributed by atoms with E-state index in [1.807, 2.05) is 91.0 Å². The maximum Gasteiger partial charge on any atom is 0.143 e. The maximum atomic E-state index is 10.7. The summed E-state index contributed by atoms with van der Waals surface area (Å²) in [4.78, 5) is 0. The molecule has 0 unspecified atom stereocenters. The normalized spacial score (nSPS) is 13.1. The van der Waals surface area contributed by atoms with E-state index in [9.17, 15) is 20.4 Å². The molecule has 0 aromatic heterocycles. The van der Waals surface area contributed by atoms with Crippen LogP contribution in [0.4, 0.5) is 0 Å². The summed E-state index contributed by atoms with van der Waals surface area (Å²) < 4.78 is 6.54. The molecule has 0 aliphatic heterocycles. The van der Waals surface area contributed by atoms with E-state index in [1.165, 1.54) is 0 Å². The Balaban J connectivity index is 1.93. The van der Waals surface area contributed by atoms with E-state index < -0.39 is 37.1 Å². The van der Waals surface area contributed by atoms with Crippen LogP contribution in [0.25, 0.3) is 0 Å². The van der Waals surface area contributed by atoms with Gasteiger partial charge >= 0.3 is 0 Å². The molecular formula is C26H31NO5. The lowest BCUT2D eigenvalue weighted by molar-refractivity contribution is -0.0434. The molecule has 3 aromatic rings. The van der Waals surface area contributed by atoms with Crippen LogP contribution in [-0.4, -0.2) is 65.0 Å². The standard InChI is InChI=1S/C26H31NO5/c28-18-25(19-29,20-30)27-16-24(31)17-32-26(21-10-4-1-5-11-21,22-12-6-2-7-13-22)23-14-8-3-9-15-23/h1-15,24,27-31H,16-20H2/t24-/m0/s1. The monoisotopic (exact) mass is 437 g/mol. The number of aliphatic hydroxyl groups is 4. The Morgan fingerprint density at radius 2 is 1.03 bits per heavy atom. The topological polar surface area (TPSA) is 102 Å². The zero-order chi connectivity index (χ0) is 22.9. The predicted molar refractivity (Wildman–Crippen MR) is 123 cm³/mol. The van der Waals surface area contributed by atoms with Crippen molar-refractivity contribution in [1.29, 1.82) is 0 Å². The van der Waals surface area contributed by atoms with Crippen LogP contribution in [0.15, 0.2) is 91.0 Å². The van der Waals surface area contributed by atoms with Gasteiger partial charge < -0.3 is 30.5 Å². The Hall–Kier alpha value is -2.58. The smallest absolute Gasteiger partial charge is 0.143 e. The van der Waals surface area contributed by atoms with E-state index >= 15 is 0 Å². The van der Waals surface area contributed by atoms with Crippen molar-refractivity contribution in [3.63, 3.8) is 0 Å². The minimum absolute atomic E-state index is 0.0238. The average molecular weight is 438 g/mol. The summed E-state index contributed by atoms with van der Waals surface area (Å²) in [6.45, 7) is -1.39. The van der Waals surface area contributed by atoms with Crippen LogP contribution in [-0.2, 0) is 10.3 Å². The van der Waals surface area contributed by atoms with Crippen LogP contribution < -0.4 is 5.32 Å². The molecule has 5 N–H and O–H groups in total. The predicted octanol–water partition coefficient (Wildman–Crippen LogP) is 1.66. The Labute approximate surface area is 188 Å². The number of β-amino-alcohol motifs (C(OH)–C–C–N with tert-alkyl or cyclic N) is 1. The molecular weight excluding hydrogens is 406 g/mol. The summed E-state index contributed by atoms with van der Waals surface area (Å²) in [5.74, 6) is 0. The van der Waals surface area contributed by atoms with E-state index in [2.05, 4.69) is 5.32 Å². The molecule has 0 bridgehead atoms. The van der Waals surface area contributed by atoms with Gasteiger partial charge in [-0.25, -0.2) is 0 Å². The van der Waals surface area contributed by atoms with Gasteiger partial charge in [-0.2, -0.15) is 0 Å². The molecule has 0 spiro atoms. The summed E-state index contributed by atoms with van der Waals surface area (Å²) >= 11 is 0. The van der Waals surface area contributed by atoms with Crippen molar-refractivity contribution < 1.29 is 25.2 Å². The van der Waals surface area contributed by atoms with Gasteiger partial charge in [-0.15, -0.1) is 0 Å². The lowest BCUT2D eigenvalue weighted by Crippen LogP contribution is -2.57. The van der Waals surface area contributed by atoms with Crippen LogP contribution in [0.5, 0.6) is 0 Å². The Kier molecular flexibility index (Phi) is 8.53. The summed E-state index contributed by atoms with van der Waals surface area (Å²) in [7, 11) is 0. The van der Waals surface area contributed by atoms with Crippen molar-refractivity contribution in [2.24, 2.45) is 0 Å². The summed E-state index contributed by atoms with van der Waals surface area (Å²) in [5.41, 5.74) is 0.553. The van der Waals surface area contributed by atoms with Crippen molar-refractivity contribution in [2.45, 2.75) is 17.2 Å². The van der Waals surface area contributed by atoms with Crippen molar-refractivity contribution in [2.75, 3.05) is 33.0 Å². The summed E-state index contributed by atoms with van der Waals surface area (Å²) in [6.07, 6.45) is -0.950. The van der Waals surface area contributed by atoms with Crippen molar-refractivity contribution in [1.82, 2.24) is 5.32 Å². The second kappa shape index (κ2) is 11.3. The number of benzene rings is 3. The van der Waals surface area contributed by atoms with Gasteiger partial charge in [0, 0.05) is 6.54 Å². The molecule has 6 heteroatoms. The first-order valence-electron chi connectivity index (χ1n) is 10.7. The molecule has 0 fully saturated rings. The fraction of sp³-hybridized carbons (Fsp3) is 0.308. The first-order chi connectivity index (χ1) is 15.6. The van der Waals surface area contributed by atoms with E-state index in [0.29, 0.717) is 0 Å². The molecule has 0 radical (unpaired) electrons. The first kappa shape index (κ1) is 24.1. The van der Waals surface area contributed by atoms with Gasteiger partial charge in [-0.3, -0.25) is 0 Å². The van der Waals surface area contributed by atoms with Gasteiger partial charge in [0.1, 0.15) is 5.60 Å². The lowest BCUT2D eigenvalue weighted by Gasteiger charge is -2.37. The molecule has 0 amide bonds. The molecule has 0 aliphatic carbocycles. The van der Waals surface area contributed by atoms with Crippen molar-refractivity contribution in [3.8, 4) is 0 Å². The molecule has 3 aromatic carbocycles. The Morgan fingerprint density at radius 1 is 0.656 bits per heavy atom. The highest BCUT2D eigenvalue weighted by Gasteiger charge is 2.38. The van der Waals surface area contributed by atoms with Gasteiger partial charge in [0.05, 0.1) is 38.1 Å². The zero-order valence-electron chi connectivity index (χ0n) is 18.0. The number of hydrogen-bond donors (Lipinski definition) is 5. The molecule has 3 rings (SSSR count). The largest absolute Gasteiger partial charge is 0.394 e.